The average Bonchev–Trinajstić information content (AvgIpc) is 2.07. The van der Waals surface area contributed by atoms with E-state index in [-0.39, 0.29) is 11.3 Å². The topological polar surface area (TPSA) is 72.6 Å². The summed E-state index contributed by atoms with van der Waals surface area (Å²) in [6, 6.07) is 0. The molecule has 0 N–H and O–H groups in total. The minimum atomic E-state index is -0.744. The molecule has 0 radical (unpaired) electrons. The predicted molar refractivity (Wildman–Crippen MR) is 45.3 cm³/mol. The summed E-state index contributed by atoms with van der Waals surface area (Å²) in [5, 5.41) is 12.0. The van der Waals surface area contributed by atoms with Gasteiger partial charge in [0.2, 0.25) is 6.29 Å². The molecule has 5 nitrogen and oxygen atoms in total. The number of rotatable bonds is 2. The Balaban J connectivity index is 3.01. The second kappa shape index (κ2) is 3.82. The molecule has 62 valence electrons. The first-order chi connectivity index (χ1) is 5.75. The lowest BCUT2D eigenvalue weighted by molar-refractivity contribution is -0.417. The lowest BCUT2D eigenvalue weighted by atomic mass is 10.5. The second-order valence-corrected chi connectivity index (χ2v) is 2.68. The summed E-state index contributed by atoms with van der Waals surface area (Å²) in [4.78, 5) is 23.4. The fourth-order valence-electron chi connectivity index (χ4n) is 0.578. The van der Waals surface area contributed by atoms with E-state index in [9.17, 15) is 14.9 Å². The first-order valence-corrected chi connectivity index (χ1v) is 3.83. The van der Waals surface area contributed by atoms with Crippen LogP contribution >= 0.6 is 11.8 Å². The van der Waals surface area contributed by atoms with E-state index in [1.807, 2.05) is 0 Å². The number of carbonyl (C=O) groups excluding carboxylic acids is 1. The van der Waals surface area contributed by atoms with Gasteiger partial charge in [-0.3, -0.25) is 14.9 Å². The molecule has 0 spiro atoms. The molecular weight excluding hydrogens is 180 g/mol. The third-order valence-electron chi connectivity index (χ3n) is 1.06. The van der Waals surface area contributed by atoms with Gasteiger partial charge in [0.1, 0.15) is 0 Å². The summed E-state index contributed by atoms with van der Waals surface area (Å²) in [7, 11) is 0. The van der Waals surface area contributed by atoms with Crippen LogP contribution in [0.3, 0.4) is 0 Å². The molecule has 0 aromatic rings. The standard InChI is InChI=1S/C6H4N2O3S/c9-4-5(8(10)11)6-7-2-1-3-12-6/h1-4H. The number of nitrogens with zero attached hydrogens (tertiary/aromatic N) is 2. The predicted octanol–water partition coefficient (Wildman–Crippen LogP) is 0.962. The number of thioether (sulfide) groups is 1. The molecule has 0 saturated heterocycles. The van der Waals surface area contributed by atoms with Crippen LogP contribution in [0.5, 0.6) is 0 Å². The van der Waals surface area contributed by atoms with Crippen LogP contribution in [-0.2, 0) is 4.79 Å². The largest absolute Gasteiger partial charge is 0.340 e. The molecule has 6 heteroatoms. The lowest BCUT2D eigenvalue weighted by Crippen LogP contribution is -2.02. The average molecular weight is 184 g/mol. The number of carbonyl (C=O) groups is 1. The summed E-state index contributed by atoms with van der Waals surface area (Å²) >= 11 is 1.05. The number of hydrogen-bond donors (Lipinski definition) is 0. The Morgan fingerprint density at radius 2 is 2.50 bits per heavy atom. The van der Waals surface area contributed by atoms with Gasteiger partial charge >= 0.3 is 5.70 Å². The third-order valence-corrected chi connectivity index (χ3v) is 1.89. The monoisotopic (exact) mass is 184 g/mol. The van der Waals surface area contributed by atoms with Crippen LogP contribution in [0.2, 0.25) is 0 Å². The van der Waals surface area contributed by atoms with Crippen molar-refractivity contribution in [3.05, 3.63) is 32.3 Å². The highest BCUT2D eigenvalue weighted by Gasteiger charge is 2.17. The molecule has 0 bridgehead atoms. The second-order valence-electron chi connectivity index (χ2n) is 1.79. The van der Waals surface area contributed by atoms with E-state index in [0.717, 1.165) is 11.8 Å². The number of nitro groups is 1. The number of aldehydes is 1. The van der Waals surface area contributed by atoms with Gasteiger partial charge in [0.25, 0.3) is 0 Å². The molecule has 1 aliphatic rings. The fourth-order valence-corrected chi connectivity index (χ4v) is 1.22. The summed E-state index contributed by atoms with van der Waals surface area (Å²) < 4.78 is 0. The maximum atomic E-state index is 10.2. The molecule has 0 atom stereocenters. The Morgan fingerprint density at radius 1 is 1.75 bits per heavy atom. The SMILES string of the molecule is O=CC(=C1N=CC=CS1)[N+](=O)[O-]. The zero-order valence-electron chi connectivity index (χ0n) is 5.84. The molecule has 0 aromatic heterocycles. The van der Waals surface area contributed by atoms with Crippen molar-refractivity contribution in [1.29, 1.82) is 0 Å². The Labute approximate surface area is 72.0 Å². The highest BCUT2D eigenvalue weighted by atomic mass is 32.2. The van der Waals surface area contributed by atoms with Crippen molar-refractivity contribution in [3.8, 4) is 0 Å². The van der Waals surface area contributed by atoms with Gasteiger partial charge in [-0.2, -0.15) is 0 Å². The van der Waals surface area contributed by atoms with Crippen molar-refractivity contribution in [2.45, 2.75) is 0 Å². The first kappa shape index (κ1) is 8.66. The van der Waals surface area contributed by atoms with E-state index in [2.05, 4.69) is 4.99 Å². The summed E-state index contributed by atoms with van der Waals surface area (Å²) in [6.45, 7) is 0. The van der Waals surface area contributed by atoms with Crippen molar-refractivity contribution in [1.82, 2.24) is 0 Å². The van der Waals surface area contributed by atoms with Crippen LogP contribution in [0.15, 0.2) is 27.2 Å². The van der Waals surface area contributed by atoms with Gasteiger partial charge in [-0.1, -0.05) is 11.8 Å². The highest BCUT2D eigenvalue weighted by Crippen LogP contribution is 2.23. The smallest absolute Gasteiger partial charge is 0.291 e. The van der Waals surface area contributed by atoms with Crippen molar-refractivity contribution in [2.75, 3.05) is 0 Å². The van der Waals surface area contributed by atoms with Crippen molar-refractivity contribution in [2.24, 2.45) is 4.99 Å². The number of allylic oxidation sites excluding steroid dienone is 2. The maximum Gasteiger partial charge on any atom is 0.340 e. The van der Waals surface area contributed by atoms with Crippen LogP contribution in [0.1, 0.15) is 0 Å². The molecule has 0 aliphatic carbocycles. The van der Waals surface area contributed by atoms with Crippen LogP contribution in [0, 0.1) is 10.1 Å². The summed E-state index contributed by atoms with van der Waals surface area (Å²) in [5.74, 6) is 0. The Hall–Kier alpha value is -1.43. The lowest BCUT2D eigenvalue weighted by Gasteiger charge is -1.98. The van der Waals surface area contributed by atoms with Gasteiger partial charge in [0.05, 0.1) is 4.92 Å². The quantitative estimate of drug-likeness (QED) is 0.277. The van der Waals surface area contributed by atoms with Gasteiger partial charge in [0.15, 0.2) is 5.03 Å². The molecule has 1 aliphatic heterocycles. The van der Waals surface area contributed by atoms with Crippen LogP contribution in [0.25, 0.3) is 0 Å². The molecule has 0 saturated carbocycles. The zero-order valence-corrected chi connectivity index (χ0v) is 6.65. The van der Waals surface area contributed by atoms with Gasteiger partial charge in [-0.05, 0) is 11.5 Å². The molecule has 0 unspecified atom stereocenters. The van der Waals surface area contributed by atoms with Crippen molar-refractivity contribution in [3.63, 3.8) is 0 Å². The van der Waals surface area contributed by atoms with Crippen LogP contribution in [0.4, 0.5) is 0 Å². The van der Waals surface area contributed by atoms with E-state index >= 15 is 0 Å². The Bertz CT molecular complexity index is 306. The summed E-state index contributed by atoms with van der Waals surface area (Å²) in [5.41, 5.74) is -0.499. The molecular formula is C6H4N2O3S. The molecule has 0 amide bonds. The molecule has 1 heterocycles. The van der Waals surface area contributed by atoms with Gasteiger partial charge in [-0.15, -0.1) is 0 Å². The molecule has 0 fully saturated rings. The number of hydrogen-bond acceptors (Lipinski definition) is 5. The normalized spacial score (nSPS) is 19.0. The zero-order chi connectivity index (χ0) is 8.97. The van der Waals surface area contributed by atoms with Gasteiger partial charge < -0.3 is 0 Å². The minimum absolute atomic E-state index is 0.123. The van der Waals surface area contributed by atoms with E-state index in [1.165, 1.54) is 6.21 Å². The van der Waals surface area contributed by atoms with E-state index in [4.69, 9.17) is 0 Å². The van der Waals surface area contributed by atoms with Crippen LogP contribution < -0.4 is 0 Å². The first-order valence-electron chi connectivity index (χ1n) is 2.95. The van der Waals surface area contributed by atoms with E-state index in [0.29, 0.717) is 0 Å². The highest BCUT2D eigenvalue weighted by molar-refractivity contribution is 8.05. The van der Waals surface area contributed by atoms with E-state index < -0.39 is 10.6 Å². The Kier molecular flexibility index (Phi) is 2.76. The van der Waals surface area contributed by atoms with Crippen LogP contribution in [-0.4, -0.2) is 17.4 Å². The number of aliphatic imine (C=N–C) groups is 1. The van der Waals surface area contributed by atoms with E-state index in [1.54, 1.807) is 11.5 Å². The molecule has 12 heavy (non-hydrogen) atoms. The molecule has 1 rings (SSSR count). The minimum Gasteiger partial charge on any atom is -0.291 e. The van der Waals surface area contributed by atoms with Gasteiger partial charge in [-0.25, -0.2) is 4.99 Å². The van der Waals surface area contributed by atoms with Crippen molar-refractivity contribution < 1.29 is 9.72 Å². The molecule has 0 aromatic carbocycles. The fraction of sp³-hybridized carbons (Fsp3) is 0. The van der Waals surface area contributed by atoms with Gasteiger partial charge in [0, 0.05) is 6.21 Å². The van der Waals surface area contributed by atoms with Crippen molar-refractivity contribution >= 4 is 24.3 Å². The Morgan fingerprint density at radius 3 is 2.92 bits per heavy atom. The third kappa shape index (κ3) is 1.79. The summed E-state index contributed by atoms with van der Waals surface area (Å²) in [6.07, 6.45) is 3.23. The maximum absolute atomic E-state index is 10.2.